The predicted octanol–water partition coefficient (Wildman–Crippen LogP) is 4.83. The molecule has 0 spiro atoms. The van der Waals surface area contributed by atoms with Crippen LogP contribution in [-0.4, -0.2) is 0 Å². The van der Waals surface area contributed by atoms with Crippen LogP contribution in [0.15, 0.2) is 66.7 Å². The van der Waals surface area contributed by atoms with Crippen LogP contribution in [0, 0.1) is 17.1 Å². The van der Waals surface area contributed by atoms with Crippen molar-refractivity contribution in [3.8, 4) is 6.07 Å². The zero-order valence-electron chi connectivity index (χ0n) is 11.5. The molecule has 3 rings (SSSR count). The van der Waals surface area contributed by atoms with Gasteiger partial charge >= 0.3 is 0 Å². The van der Waals surface area contributed by atoms with Gasteiger partial charge in [-0.15, -0.1) is 0 Å². The lowest BCUT2D eigenvalue weighted by molar-refractivity contribution is 0.605. The molecule has 21 heavy (non-hydrogen) atoms. The van der Waals surface area contributed by atoms with Crippen molar-refractivity contribution >= 4 is 10.8 Å². The number of nitrogens with zero attached hydrogens (tertiary/aromatic N) is 1. The maximum Gasteiger partial charge on any atom is 0.126 e. The van der Waals surface area contributed by atoms with Crippen molar-refractivity contribution < 1.29 is 4.39 Å². The minimum atomic E-state index is -0.354. The summed E-state index contributed by atoms with van der Waals surface area (Å²) in [7, 11) is 0. The van der Waals surface area contributed by atoms with E-state index < -0.39 is 0 Å². The van der Waals surface area contributed by atoms with Gasteiger partial charge in [-0.25, -0.2) is 4.39 Å². The summed E-state index contributed by atoms with van der Waals surface area (Å²) in [6.07, 6.45) is 0.386. The van der Waals surface area contributed by atoms with Crippen LogP contribution in [-0.2, 0) is 6.42 Å². The normalized spacial score (nSPS) is 12.0. The van der Waals surface area contributed by atoms with Crippen LogP contribution in [0.5, 0.6) is 0 Å². The second-order valence-corrected chi connectivity index (χ2v) is 5.05. The van der Waals surface area contributed by atoms with Gasteiger partial charge in [0.25, 0.3) is 0 Å². The first kappa shape index (κ1) is 13.3. The van der Waals surface area contributed by atoms with Gasteiger partial charge in [0.15, 0.2) is 0 Å². The summed E-state index contributed by atoms with van der Waals surface area (Å²) in [5, 5.41) is 11.7. The third-order valence-electron chi connectivity index (χ3n) is 3.74. The monoisotopic (exact) mass is 275 g/mol. The highest BCUT2D eigenvalue weighted by molar-refractivity contribution is 5.86. The van der Waals surface area contributed by atoms with E-state index in [0.29, 0.717) is 12.0 Å². The molecule has 0 radical (unpaired) electrons. The maximum absolute atomic E-state index is 13.8. The molecule has 1 atom stereocenters. The number of hydrogen-bond donors (Lipinski definition) is 0. The van der Waals surface area contributed by atoms with E-state index in [4.69, 9.17) is 0 Å². The number of hydrogen-bond acceptors (Lipinski definition) is 1. The molecule has 0 amide bonds. The number of fused-ring (bicyclic) bond motifs is 1. The van der Waals surface area contributed by atoms with Gasteiger partial charge in [0.1, 0.15) is 5.82 Å². The summed E-state index contributed by atoms with van der Waals surface area (Å²) in [5.74, 6) is -0.606. The van der Waals surface area contributed by atoms with Crippen molar-refractivity contribution in [1.29, 1.82) is 5.26 Å². The average molecular weight is 275 g/mol. The summed E-state index contributed by atoms with van der Waals surface area (Å²) in [6, 6.07) is 22.9. The summed E-state index contributed by atoms with van der Waals surface area (Å²) in [5.41, 5.74) is 1.54. The molecule has 0 aliphatic heterocycles. The highest BCUT2D eigenvalue weighted by Crippen LogP contribution is 2.28. The molecular weight excluding hydrogens is 261 g/mol. The highest BCUT2D eigenvalue weighted by Gasteiger charge is 2.16. The summed E-state index contributed by atoms with van der Waals surface area (Å²) < 4.78 is 13.8. The fourth-order valence-corrected chi connectivity index (χ4v) is 2.66. The fourth-order valence-electron chi connectivity index (χ4n) is 2.66. The van der Waals surface area contributed by atoms with Gasteiger partial charge in [0.05, 0.1) is 12.0 Å². The number of benzene rings is 3. The number of halogens is 1. The standard InChI is InChI=1S/C19H14FN/c20-19-11-4-2-7-15(19)12-16(13-21)18-10-5-8-14-6-1-3-9-17(14)18/h1-11,16H,12H2. The second kappa shape index (κ2) is 5.76. The van der Waals surface area contributed by atoms with Crippen LogP contribution < -0.4 is 0 Å². The first-order chi connectivity index (χ1) is 10.3. The fraction of sp³-hybridized carbons (Fsp3) is 0.105. The Morgan fingerprint density at radius 1 is 0.905 bits per heavy atom. The SMILES string of the molecule is N#CC(Cc1ccccc1F)c1cccc2ccccc12. The van der Waals surface area contributed by atoms with Crippen LogP contribution >= 0.6 is 0 Å². The lowest BCUT2D eigenvalue weighted by Gasteiger charge is -2.13. The molecule has 1 unspecified atom stereocenters. The molecular formula is C19H14FN. The molecule has 0 bridgehead atoms. The van der Waals surface area contributed by atoms with Crippen LogP contribution in [0.1, 0.15) is 17.0 Å². The van der Waals surface area contributed by atoms with Crippen LogP contribution in [0.3, 0.4) is 0 Å². The summed E-state index contributed by atoms with van der Waals surface area (Å²) in [6.45, 7) is 0. The zero-order chi connectivity index (χ0) is 14.7. The van der Waals surface area contributed by atoms with E-state index in [-0.39, 0.29) is 11.7 Å². The Morgan fingerprint density at radius 3 is 2.43 bits per heavy atom. The largest absolute Gasteiger partial charge is 0.207 e. The van der Waals surface area contributed by atoms with Crippen molar-refractivity contribution in [2.75, 3.05) is 0 Å². The minimum Gasteiger partial charge on any atom is -0.207 e. The molecule has 3 aromatic rings. The minimum absolute atomic E-state index is 0.252. The molecule has 0 heterocycles. The van der Waals surface area contributed by atoms with E-state index in [1.165, 1.54) is 6.07 Å². The van der Waals surface area contributed by atoms with Gasteiger partial charge in [-0.1, -0.05) is 60.7 Å². The Hall–Kier alpha value is -2.66. The molecule has 2 heteroatoms. The molecule has 0 aromatic heterocycles. The molecule has 0 saturated heterocycles. The van der Waals surface area contributed by atoms with Crippen LogP contribution in [0.25, 0.3) is 10.8 Å². The predicted molar refractivity (Wildman–Crippen MR) is 82.4 cm³/mol. The first-order valence-electron chi connectivity index (χ1n) is 6.90. The van der Waals surface area contributed by atoms with E-state index in [1.807, 2.05) is 42.5 Å². The van der Waals surface area contributed by atoms with E-state index in [9.17, 15) is 9.65 Å². The smallest absolute Gasteiger partial charge is 0.126 e. The van der Waals surface area contributed by atoms with E-state index in [2.05, 4.69) is 6.07 Å². The van der Waals surface area contributed by atoms with Crippen LogP contribution in [0.4, 0.5) is 4.39 Å². The van der Waals surface area contributed by atoms with Gasteiger partial charge in [-0.05, 0) is 34.4 Å². The Balaban J connectivity index is 2.04. The molecule has 0 saturated carbocycles. The molecule has 0 fully saturated rings. The highest BCUT2D eigenvalue weighted by atomic mass is 19.1. The molecule has 0 aliphatic rings. The zero-order valence-corrected chi connectivity index (χ0v) is 11.5. The van der Waals surface area contributed by atoms with E-state index in [1.54, 1.807) is 18.2 Å². The number of nitriles is 1. The summed E-state index contributed by atoms with van der Waals surface area (Å²) in [4.78, 5) is 0. The lowest BCUT2D eigenvalue weighted by Crippen LogP contribution is -2.03. The van der Waals surface area contributed by atoms with Gasteiger partial charge in [0.2, 0.25) is 0 Å². The molecule has 0 aliphatic carbocycles. The molecule has 102 valence electrons. The van der Waals surface area contributed by atoms with E-state index >= 15 is 0 Å². The van der Waals surface area contributed by atoms with E-state index in [0.717, 1.165) is 16.3 Å². The van der Waals surface area contributed by atoms with Gasteiger partial charge < -0.3 is 0 Å². The second-order valence-electron chi connectivity index (χ2n) is 5.05. The topological polar surface area (TPSA) is 23.8 Å². The van der Waals surface area contributed by atoms with Crippen molar-refractivity contribution in [3.05, 3.63) is 83.7 Å². The lowest BCUT2D eigenvalue weighted by atomic mass is 9.89. The van der Waals surface area contributed by atoms with Crippen LogP contribution in [0.2, 0.25) is 0 Å². The van der Waals surface area contributed by atoms with Gasteiger partial charge in [0, 0.05) is 0 Å². The van der Waals surface area contributed by atoms with Crippen molar-refractivity contribution in [2.24, 2.45) is 0 Å². The quantitative estimate of drug-likeness (QED) is 0.671. The molecule has 1 nitrogen and oxygen atoms in total. The van der Waals surface area contributed by atoms with Gasteiger partial charge in [-0.2, -0.15) is 5.26 Å². The Bertz CT molecular complexity index is 812. The molecule has 3 aromatic carbocycles. The Kier molecular flexibility index (Phi) is 3.66. The van der Waals surface area contributed by atoms with Gasteiger partial charge in [-0.3, -0.25) is 0 Å². The third kappa shape index (κ3) is 2.64. The Labute approximate surface area is 123 Å². The number of rotatable bonds is 3. The van der Waals surface area contributed by atoms with Crippen molar-refractivity contribution in [2.45, 2.75) is 12.3 Å². The maximum atomic E-state index is 13.8. The van der Waals surface area contributed by atoms with Crippen molar-refractivity contribution in [1.82, 2.24) is 0 Å². The summed E-state index contributed by atoms with van der Waals surface area (Å²) >= 11 is 0. The average Bonchev–Trinajstić information content (AvgIpc) is 2.54. The molecule has 0 N–H and O–H groups in total. The third-order valence-corrected chi connectivity index (χ3v) is 3.74. The first-order valence-corrected chi connectivity index (χ1v) is 6.90. The Morgan fingerprint density at radius 2 is 1.62 bits per heavy atom. The van der Waals surface area contributed by atoms with Crippen molar-refractivity contribution in [3.63, 3.8) is 0 Å².